The Morgan fingerprint density at radius 1 is 1.17 bits per heavy atom. The standard InChI is InChI=1S/C18H16O6/c1-18(2)7-12(21)23-11-6-10(20)13-15(22)8-4-3-5-9(19)16(8)24-17(13)14(11)18/h3-6,12,19-21H,7H2,1-2H3/t12-/m1/s1. The van der Waals surface area contributed by atoms with Crippen LogP contribution in [0.15, 0.2) is 33.5 Å². The SMILES string of the molecule is CC1(C)C[C@H](O)Oc2cc(O)c3c(=O)c4cccc(O)c4oc3c21. The molecular weight excluding hydrogens is 312 g/mol. The third-order valence-electron chi connectivity index (χ3n) is 4.52. The van der Waals surface area contributed by atoms with Crippen LogP contribution in [-0.4, -0.2) is 21.6 Å². The van der Waals surface area contributed by atoms with Crippen LogP contribution in [0.2, 0.25) is 0 Å². The molecule has 0 saturated heterocycles. The summed E-state index contributed by atoms with van der Waals surface area (Å²) in [5.74, 6) is -0.174. The van der Waals surface area contributed by atoms with E-state index in [1.165, 1.54) is 18.2 Å². The van der Waals surface area contributed by atoms with Crippen molar-refractivity contribution in [3.8, 4) is 17.2 Å². The van der Waals surface area contributed by atoms with Gasteiger partial charge in [-0.2, -0.15) is 0 Å². The van der Waals surface area contributed by atoms with Gasteiger partial charge in [-0.15, -0.1) is 0 Å². The van der Waals surface area contributed by atoms with Gasteiger partial charge in [0.05, 0.1) is 5.39 Å². The van der Waals surface area contributed by atoms with E-state index in [0.717, 1.165) is 0 Å². The molecule has 3 N–H and O–H groups in total. The predicted molar refractivity (Wildman–Crippen MR) is 87.6 cm³/mol. The molecule has 0 spiro atoms. The quantitative estimate of drug-likeness (QED) is 0.549. The first kappa shape index (κ1) is 14.8. The lowest BCUT2D eigenvalue weighted by atomic mass is 9.78. The third-order valence-corrected chi connectivity index (χ3v) is 4.52. The Kier molecular flexibility index (Phi) is 2.87. The molecule has 1 aromatic heterocycles. The number of ether oxygens (including phenoxy) is 1. The van der Waals surface area contributed by atoms with Crippen molar-refractivity contribution < 1.29 is 24.5 Å². The van der Waals surface area contributed by atoms with Gasteiger partial charge in [-0.3, -0.25) is 4.79 Å². The van der Waals surface area contributed by atoms with Crippen molar-refractivity contribution in [1.82, 2.24) is 0 Å². The summed E-state index contributed by atoms with van der Waals surface area (Å²) < 4.78 is 11.2. The number of hydrogen-bond acceptors (Lipinski definition) is 6. The number of fused-ring (bicyclic) bond motifs is 4. The van der Waals surface area contributed by atoms with Gasteiger partial charge in [-0.25, -0.2) is 0 Å². The fraction of sp³-hybridized carbons (Fsp3) is 0.278. The molecule has 6 heteroatoms. The van der Waals surface area contributed by atoms with E-state index >= 15 is 0 Å². The van der Waals surface area contributed by atoms with Crippen LogP contribution in [-0.2, 0) is 5.41 Å². The van der Waals surface area contributed by atoms with E-state index in [4.69, 9.17) is 9.15 Å². The number of rotatable bonds is 0. The molecule has 2 aromatic carbocycles. The van der Waals surface area contributed by atoms with Crippen LogP contribution in [0.4, 0.5) is 0 Å². The van der Waals surface area contributed by atoms with E-state index in [1.807, 2.05) is 13.8 Å². The van der Waals surface area contributed by atoms with Crippen molar-refractivity contribution in [2.45, 2.75) is 32.0 Å². The number of aromatic hydroxyl groups is 2. The van der Waals surface area contributed by atoms with Gasteiger partial charge in [-0.05, 0) is 12.1 Å². The van der Waals surface area contributed by atoms with E-state index in [1.54, 1.807) is 6.07 Å². The minimum absolute atomic E-state index is 0.0416. The van der Waals surface area contributed by atoms with Crippen LogP contribution in [0.3, 0.4) is 0 Å². The van der Waals surface area contributed by atoms with Crippen LogP contribution < -0.4 is 10.2 Å². The monoisotopic (exact) mass is 328 g/mol. The van der Waals surface area contributed by atoms with Crippen LogP contribution >= 0.6 is 0 Å². The molecule has 0 amide bonds. The summed E-state index contributed by atoms with van der Waals surface area (Å²) in [4.78, 5) is 12.8. The maximum atomic E-state index is 12.8. The van der Waals surface area contributed by atoms with Gasteiger partial charge in [0.25, 0.3) is 0 Å². The molecular formula is C18H16O6. The summed E-state index contributed by atoms with van der Waals surface area (Å²) in [5, 5.41) is 30.5. The van der Waals surface area contributed by atoms with E-state index in [2.05, 4.69) is 0 Å². The molecule has 6 nitrogen and oxygen atoms in total. The predicted octanol–water partition coefficient (Wildman–Crippen LogP) is 2.74. The van der Waals surface area contributed by atoms with Crippen molar-refractivity contribution in [2.24, 2.45) is 0 Å². The number of phenols is 2. The molecule has 0 unspecified atom stereocenters. The van der Waals surface area contributed by atoms with Crippen molar-refractivity contribution >= 4 is 21.9 Å². The van der Waals surface area contributed by atoms with E-state index < -0.39 is 17.1 Å². The molecule has 1 aliphatic rings. The summed E-state index contributed by atoms with van der Waals surface area (Å²) in [6, 6.07) is 5.83. The second kappa shape index (κ2) is 4.64. The molecule has 1 aliphatic heterocycles. The number of aliphatic hydroxyl groups excluding tert-OH is 1. The summed E-state index contributed by atoms with van der Waals surface area (Å²) in [6.45, 7) is 3.78. The molecule has 24 heavy (non-hydrogen) atoms. The Labute approximate surface area is 136 Å². The molecule has 4 rings (SSSR count). The number of para-hydroxylation sites is 1. The maximum absolute atomic E-state index is 12.8. The van der Waals surface area contributed by atoms with Crippen LogP contribution in [0, 0.1) is 0 Å². The molecule has 0 aliphatic carbocycles. The van der Waals surface area contributed by atoms with E-state index in [9.17, 15) is 20.1 Å². The molecule has 0 radical (unpaired) electrons. The van der Waals surface area contributed by atoms with Gasteiger partial charge in [0, 0.05) is 23.5 Å². The second-order valence-electron chi connectivity index (χ2n) is 6.72. The fourth-order valence-corrected chi connectivity index (χ4v) is 3.45. The molecule has 0 saturated carbocycles. The Balaban J connectivity index is 2.25. The van der Waals surface area contributed by atoms with Crippen LogP contribution in [0.25, 0.3) is 21.9 Å². The summed E-state index contributed by atoms with van der Waals surface area (Å²) >= 11 is 0. The first-order valence-corrected chi connectivity index (χ1v) is 7.59. The fourth-order valence-electron chi connectivity index (χ4n) is 3.45. The number of phenolic OH excluding ortho intramolecular Hbond substituents is 2. The molecule has 1 atom stereocenters. The highest BCUT2D eigenvalue weighted by atomic mass is 16.6. The highest BCUT2D eigenvalue weighted by Gasteiger charge is 2.38. The Hall–Kier alpha value is -2.73. The number of aliphatic hydroxyl groups is 1. The van der Waals surface area contributed by atoms with Crippen molar-refractivity contribution in [2.75, 3.05) is 0 Å². The van der Waals surface area contributed by atoms with Crippen molar-refractivity contribution in [1.29, 1.82) is 0 Å². The van der Waals surface area contributed by atoms with Gasteiger partial charge in [0.2, 0.25) is 5.43 Å². The lowest BCUT2D eigenvalue weighted by molar-refractivity contribution is -0.0495. The average molecular weight is 328 g/mol. The minimum atomic E-state index is -1.01. The van der Waals surface area contributed by atoms with Gasteiger partial charge in [0.1, 0.15) is 22.5 Å². The number of hydrogen-bond donors (Lipinski definition) is 3. The zero-order valence-electron chi connectivity index (χ0n) is 13.2. The molecule has 0 bridgehead atoms. The Bertz CT molecular complexity index is 1050. The first-order valence-electron chi connectivity index (χ1n) is 7.59. The molecule has 2 heterocycles. The minimum Gasteiger partial charge on any atom is -0.507 e. The maximum Gasteiger partial charge on any atom is 0.204 e. The third kappa shape index (κ3) is 1.89. The van der Waals surface area contributed by atoms with Gasteiger partial charge in [-0.1, -0.05) is 19.9 Å². The topological polar surface area (TPSA) is 100 Å². The van der Waals surface area contributed by atoms with Gasteiger partial charge >= 0.3 is 0 Å². The van der Waals surface area contributed by atoms with E-state index in [-0.39, 0.29) is 39.2 Å². The average Bonchev–Trinajstić information content (AvgIpc) is 2.46. The van der Waals surface area contributed by atoms with E-state index in [0.29, 0.717) is 12.0 Å². The van der Waals surface area contributed by atoms with Crippen molar-refractivity contribution in [3.63, 3.8) is 0 Å². The lowest BCUT2D eigenvalue weighted by Gasteiger charge is -2.35. The van der Waals surface area contributed by atoms with Gasteiger partial charge < -0.3 is 24.5 Å². The summed E-state index contributed by atoms with van der Waals surface area (Å²) in [7, 11) is 0. The van der Waals surface area contributed by atoms with Crippen LogP contribution in [0.1, 0.15) is 25.8 Å². The normalized spacial score (nSPS) is 19.2. The zero-order chi connectivity index (χ0) is 17.2. The van der Waals surface area contributed by atoms with Crippen molar-refractivity contribution in [3.05, 3.63) is 40.1 Å². The highest BCUT2D eigenvalue weighted by molar-refractivity contribution is 5.97. The molecule has 124 valence electrons. The Morgan fingerprint density at radius 3 is 2.67 bits per heavy atom. The smallest absolute Gasteiger partial charge is 0.204 e. The highest BCUT2D eigenvalue weighted by Crippen LogP contribution is 2.47. The largest absolute Gasteiger partial charge is 0.507 e. The molecule has 0 fully saturated rings. The second-order valence-corrected chi connectivity index (χ2v) is 6.72. The summed E-state index contributed by atoms with van der Waals surface area (Å²) in [5.41, 5.74) is -0.162. The first-order chi connectivity index (χ1) is 11.3. The van der Waals surface area contributed by atoms with Crippen LogP contribution in [0.5, 0.6) is 17.2 Å². The van der Waals surface area contributed by atoms with Gasteiger partial charge in [0.15, 0.2) is 17.6 Å². The lowest BCUT2D eigenvalue weighted by Crippen LogP contribution is -2.34. The Morgan fingerprint density at radius 2 is 1.92 bits per heavy atom. The zero-order valence-corrected chi connectivity index (χ0v) is 13.2. The molecule has 3 aromatic rings. The number of benzene rings is 2. The summed E-state index contributed by atoms with van der Waals surface area (Å²) in [6.07, 6.45) is -0.701.